The second-order valence-corrected chi connectivity index (χ2v) is 8.70. The van der Waals surface area contributed by atoms with Gasteiger partial charge in [0.25, 0.3) is 0 Å². The Bertz CT molecular complexity index is 421. The number of carbonyl (C=O) groups is 2. The van der Waals surface area contributed by atoms with E-state index < -0.39 is 0 Å². The minimum atomic E-state index is -0.0527. The van der Waals surface area contributed by atoms with Gasteiger partial charge in [0.1, 0.15) is 11.8 Å². The minimum Gasteiger partial charge on any atom is -0.352 e. The summed E-state index contributed by atoms with van der Waals surface area (Å²) >= 11 is 11.2. The van der Waals surface area contributed by atoms with Crippen LogP contribution in [0.4, 0.5) is 0 Å². The lowest BCUT2D eigenvalue weighted by molar-refractivity contribution is -0.120. The maximum atomic E-state index is 11.5. The van der Waals surface area contributed by atoms with Crippen molar-refractivity contribution in [2.75, 3.05) is 11.8 Å². The molecule has 0 aliphatic heterocycles. The number of carbonyl (C=O) groups excluding carboxylic acids is 2. The van der Waals surface area contributed by atoms with Crippen LogP contribution in [0.5, 0.6) is 0 Å². The molecule has 144 valence electrons. The van der Waals surface area contributed by atoms with Gasteiger partial charge in [0.15, 0.2) is 0 Å². The van der Waals surface area contributed by atoms with Crippen LogP contribution in [0.15, 0.2) is 0 Å². The summed E-state index contributed by atoms with van der Waals surface area (Å²) in [6.45, 7) is 4.49. The van der Waals surface area contributed by atoms with Gasteiger partial charge in [-0.05, 0) is 68.6 Å². The van der Waals surface area contributed by atoms with Gasteiger partial charge in [-0.1, -0.05) is 13.8 Å². The Hall–Kier alpha value is -0.480. The molecular weight excluding hydrogens is 359 g/mol. The van der Waals surface area contributed by atoms with E-state index in [1.807, 2.05) is 0 Å². The predicted octanol–water partition coefficient (Wildman–Crippen LogP) is 3.70. The molecule has 6 atom stereocenters. The molecule has 0 radical (unpaired) electrons. The maximum Gasteiger partial charge on any atom is 0.235 e. The van der Waals surface area contributed by atoms with Gasteiger partial charge in [0.05, 0.1) is 0 Å². The molecule has 0 aromatic carbocycles. The monoisotopic (exact) mass is 390 g/mol. The predicted molar refractivity (Wildman–Crippen MR) is 103 cm³/mol. The van der Waals surface area contributed by atoms with Gasteiger partial charge < -0.3 is 10.6 Å². The molecule has 0 unspecified atom stereocenters. The van der Waals surface area contributed by atoms with Crippen LogP contribution in [0, 0.1) is 23.7 Å². The van der Waals surface area contributed by atoms with E-state index in [4.69, 9.17) is 23.2 Å². The molecule has 2 aliphatic rings. The summed E-state index contributed by atoms with van der Waals surface area (Å²) in [7, 11) is 0. The van der Waals surface area contributed by atoms with E-state index in [1.54, 1.807) is 0 Å². The molecular formula is C19H32Cl2N2O2. The number of halogens is 2. The first-order chi connectivity index (χ1) is 11.9. The van der Waals surface area contributed by atoms with E-state index in [-0.39, 0.29) is 35.7 Å². The molecule has 2 aliphatic carbocycles. The molecule has 2 saturated carbocycles. The summed E-state index contributed by atoms with van der Waals surface area (Å²) in [5.74, 6) is 2.54. The van der Waals surface area contributed by atoms with Crippen LogP contribution >= 0.6 is 23.2 Å². The third-order valence-corrected chi connectivity index (χ3v) is 6.64. The van der Waals surface area contributed by atoms with Gasteiger partial charge in [-0.25, -0.2) is 0 Å². The Morgan fingerprint density at radius 2 is 1.20 bits per heavy atom. The summed E-state index contributed by atoms with van der Waals surface area (Å²) < 4.78 is 0. The van der Waals surface area contributed by atoms with Crippen molar-refractivity contribution in [3.05, 3.63) is 0 Å². The Kier molecular flexibility index (Phi) is 8.34. The fourth-order valence-corrected chi connectivity index (χ4v) is 4.99. The van der Waals surface area contributed by atoms with Crippen molar-refractivity contribution in [3.8, 4) is 0 Å². The van der Waals surface area contributed by atoms with E-state index in [9.17, 15) is 9.59 Å². The highest BCUT2D eigenvalue weighted by Gasteiger charge is 2.33. The Morgan fingerprint density at radius 3 is 1.52 bits per heavy atom. The number of amides is 2. The van der Waals surface area contributed by atoms with Crippen LogP contribution in [0.3, 0.4) is 0 Å². The minimum absolute atomic E-state index is 0.0496. The molecule has 2 rings (SSSR count). The maximum absolute atomic E-state index is 11.5. The topological polar surface area (TPSA) is 58.2 Å². The first kappa shape index (κ1) is 20.8. The first-order valence-corrected chi connectivity index (χ1v) is 10.7. The van der Waals surface area contributed by atoms with Crippen molar-refractivity contribution in [1.82, 2.24) is 10.6 Å². The lowest BCUT2D eigenvalue weighted by Crippen LogP contribution is -2.44. The largest absolute Gasteiger partial charge is 0.352 e. The molecule has 0 saturated heterocycles. The standard InChI is InChI=1S/C19H32Cl2N2O2/c1-12-7-14(3-5-16(12)22-18(24)10-20)9-15-4-6-17(13(2)8-15)23-19(25)11-21/h12-17H,3-11H2,1-2H3,(H,22,24)(H,23,25)/t12-,13+,14-,15-,16+,17+/m1/s1. The normalized spacial score (nSPS) is 35.8. The zero-order valence-corrected chi connectivity index (χ0v) is 16.9. The van der Waals surface area contributed by atoms with Gasteiger partial charge in [-0.15, -0.1) is 23.2 Å². The van der Waals surface area contributed by atoms with E-state index in [0.717, 1.165) is 24.7 Å². The average Bonchev–Trinajstić information content (AvgIpc) is 2.59. The lowest BCUT2D eigenvalue weighted by Gasteiger charge is -2.39. The highest BCUT2D eigenvalue weighted by Crippen LogP contribution is 2.39. The highest BCUT2D eigenvalue weighted by atomic mass is 35.5. The Labute approximate surface area is 161 Å². The lowest BCUT2D eigenvalue weighted by atomic mass is 9.70. The smallest absolute Gasteiger partial charge is 0.235 e. The fraction of sp³-hybridized carbons (Fsp3) is 0.895. The summed E-state index contributed by atoms with van der Waals surface area (Å²) in [6.07, 6.45) is 8.15. The summed E-state index contributed by atoms with van der Waals surface area (Å²) in [6, 6.07) is 0.561. The average molecular weight is 391 g/mol. The van der Waals surface area contributed by atoms with Crippen LogP contribution in [0.25, 0.3) is 0 Å². The van der Waals surface area contributed by atoms with Crippen LogP contribution in [-0.4, -0.2) is 35.7 Å². The quantitative estimate of drug-likeness (QED) is 0.679. The first-order valence-electron chi connectivity index (χ1n) is 9.63. The molecule has 0 heterocycles. The van der Waals surface area contributed by atoms with Crippen LogP contribution in [-0.2, 0) is 9.59 Å². The summed E-state index contributed by atoms with van der Waals surface area (Å²) in [5.41, 5.74) is 0. The van der Waals surface area contributed by atoms with Gasteiger partial charge >= 0.3 is 0 Å². The van der Waals surface area contributed by atoms with Crippen molar-refractivity contribution in [2.24, 2.45) is 23.7 Å². The summed E-state index contributed by atoms with van der Waals surface area (Å²) in [4.78, 5) is 23.0. The van der Waals surface area contributed by atoms with Crippen molar-refractivity contribution in [3.63, 3.8) is 0 Å². The zero-order valence-electron chi connectivity index (χ0n) is 15.4. The molecule has 4 nitrogen and oxygen atoms in total. The zero-order chi connectivity index (χ0) is 18.4. The number of rotatable bonds is 6. The van der Waals surface area contributed by atoms with Gasteiger partial charge in [0, 0.05) is 12.1 Å². The number of hydrogen-bond donors (Lipinski definition) is 2. The molecule has 2 fully saturated rings. The van der Waals surface area contributed by atoms with Gasteiger partial charge in [-0.2, -0.15) is 0 Å². The van der Waals surface area contributed by atoms with Crippen molar-refractivity contribution < 1.29 is 9.59 Å². The van der Waals surface area contributed by atoms with Crippen molar-refractivity contribution in [2.45, 2.75) is 70.9 Å². The van der Waals surface area contributed by atoms with E-state index >= 15 is 0 Å². The molecule has 2 amide bonds. The molecule has 0 bridgehead atoms. The van der Waals surface area contributed by atoms with E-state index in [2.05, 4.69) is 24.5 Å². The van der Waals surface area contributed by atoms with Crippen LogP contribution in [0.2, 0.25) is 0 Å². The third-order valence-electron chi connectivity index (χ3n) is 6.16. The second-order valence-electron chi connectivity index (χ2n) is 8.16. The van der Waals surface area contributed by atoms with Crippen molar-refractivity contribution in [1.29, 1.82) is 0 Å². The number of nitrogens with one attached hydrogen (secondary N) is 2. The van der Waals surface area contributed by atoms with Crippen LogP contribution < -0.4 is 10.6 Å². The Morgan fingerprint density at radius 1 is 0.800 bits per heavy atom. The molecule has 25 heavy (non-hydrogen) atoms. The molecule has 2 N–H and O–H groups in total. The van der Waals surface area contributed by atoms with Crippen molar-refractivity contribution >= 4 is 35.0 Å². The molecule has 0 aromatic heterocycles. The molecule has 6 heteroatoms. The molecule has 0 aromatic rings. The SMILES string of the molecule is C[C@@H]1C[C@H](C[C@@H]2CC[C@H](NC(=O)CCl)[C@@H](C)C2)CC[C@@H]1NC(=O)CCl. The number of hydrogen-bond acceptors (Lipinski definition) is 2. The van der Waals surface area contributed by atoms with Crippen LogP contribution in [0.1, 0.15) is 58.8 Å². The van der Waals surface area contributed by atoms with E-state index in [1.165, 1.54) is 32.1 Å². The third kappa shape index (κ3) is 6.32. The Balaban J connectivity index is 1.75. The number of alkyl halides is 2. The van der Waals surface area contributed by atoms with Gasteiger partial charge in [-0.3, -0.25) is 9.59 Å². The van der Waals surface area contributed by atoms with E-state index in [0.29, 0.717) is 11.8 Å². The van der Waals surface area contributed by atoms with Gasteiger partial charge in [0.2, 0.25) is 11.8 Å². The fourth-order valence-electron chi connectivity index (χ4n) is 4.83. The highest BCUT2D eigenvalue weighted by molar-refractivity contribution is 6.27. The molecule has 0 spiro atoms. The second kappa shape index (κ2) is 10.0. The summed E-state index contributed by atoms with van der Waals surface area (Å²) in [5, 5.41) is 6.11.